The minimum atomic E-state index is -0.904. The van der Waals surface area contributed by atoms with E-state index in [0.29, 0.717) is 34.5 Å². The Hall–Kier alpha value is -3.64. The van der Waals surface area contributed by atoms with Crippen LogP contribution < -0.4 is 16.4 Å². The van der Waals surface area contributed by atoms with Gasteiger partial charge in [0, 0.05) is 35.7 Å². The molecular formula is C29H32BrF2N5O4. The molecule has 1 aliphatic heterocycles. The summed E-state index contributed by atoms with van der Waals surface area (Å²) in [4.78, 5) is 34.4. The molecule has 3 aromatic rings. The fourth-order valence-corrected chi connectivity index (χ4v) is 4.91. The SMILES string of the molecule is CC(C)(C)OC(=O)NCC(NC(=O)c1ccc(-c2nc(C3CCOCC3)cnc2N)cc1F)c1cc(F)cc(Br)c1. The van der Waals surface area contributed by atoms with Crippen LogP contribution in [0.15, 0.2) is 47.1 Å². The smallest absolute Gasteiger partial charge is 0.407 e. The van der Waals surface area contributed by atoms with Gasteiger partial charge in [-0.1, -0.05) is 22.0 Å². The number of aromatic nitrogens is 2. The Morgan fingerprint density at radius 3 is 2.56 bits per heavy atom. The van der Waals surface area contributed by atoms with E-state index in [2.05, 4.69) is 36.5 Å². The van der Waals surface area contributed by atoms with Gasteiger partial charge in [0.25, 0.3) is 5.91 Å². The molecule has 0 aliphatic carbocycles. The van der Waals surface area contributed by atoms with Crippen LogP contribution in [0.2, 0.25) is 0 Å². The van der Waals surface area contributed by atoms with Gasteiger partial charge in [0.1, 0.15) is 28.7 Å². The number of rotatable bonds is 7. The molecule has 0 bridgehead atoms. The third-order valence-corrected chi connectivity index (χ3v) is 6.85. The van der Waals surface area contributed by atoms with Gasteiger partial charge in [-0.3, -0.25) is 4.79 Å². The zero-order valence-corrected chi connectivity index (χ0v) is 24.6. The van der Waals surface area contributed by atoms with E-state index in [1.165, 1.54) is 24.3 Å². The number of amides is 2. The predicted octanol–water partition coefficient (Wildman–Crippen LogP) is 5.66. The molecule has 41 heavy (non-hydrogen) atoms. The lowest BCUT2D eigenvalue weighted by atomic mass is 9.96. The summed E-state index contributed by atoms with van der Waals surface area (Å²) in [5.41, 5.74) is 6.87. The average molecular weight is 633 g/mol. The van der Waals surface area contributed by atoms with Crippen molar-refractivity contribution in [2.75, 3.05) is 25.5 Å². The van der Waals surface area contributed by atoms with Gasteiger partial charge in [0.05, 0.1) is 23.5 Å². The maximum Gasteiger partial charge on any atom is 0.407 e. The van der Waals surface area contributed by atoms with Crippen LogP contribution in [0, 0.1) is 11.6 Å². The first-order chi connectivity index (χ1) is 19.4. The number of benzene rings is 2. The normalized spacial score (nSPS) is 14.8. The molecule has 1 aromatic heterocycles. The van der Waals surface area contributed by atoms with E-state index in [1.54, 1.807) is 39.1 Å². The van der Waals surface area contributed by atoms with Gasteiger partial charge >= 0.3 is 6.09 Å². The zero-order chi connectivity index (χ0) is 29.7. The van der Waals surface area contributed by atoms with E-state index >= 15 is 4.39 Å². The highest BCUT2D eigenvalue weighted by Crippen LogP contribution is 2.30. The van der Waals surface area contributed by atoms with Crippen LogP contribution in [0.1, 0.15) is 67.2 Å². The minimum absolute atomic E-state index is 0.138. The molecule has 0 saturated carbocycles. The summed E-state index contributed by atoms with van der Waals surface area (Å²) in [5, 5.41) is 5.26. The highest BCUT2D eigenvalue weighted by atomic mass is 79.9. The number of alkyl carbamates (subject to hydrolysis) is 1. The molecule has 9 nitrogen and oxygen atoms in total. The first kappa shape index (κ1) is 30.3. The van der Waals surface area contributed by atoms with Crippen molar-refractivity contribution in [1.82, 2.24) is 20.6 Å². The number of hydrogen-bond donors (Lipinski definition) is 3. The van der Waals surface area contributed by atoms with Crippen molar-refractivity contribution in [3.63, 3.8) is 0 Å². The Morgan fingerprint density at radius 1 is 1.17 bits per heavy atom. The van der Waals surface area contributed by atoms with Crippen molar-refractivity contribution < 1.29 is 27.8 Å². The van der Waals surface area contributed by atoms with Crippen molar-refractivity contribution >= 4 is 33.7 Å². The molecule has 0 spiro atoms. The van der Waals surface area contributed by atoms with Crippen LogP contribution in [0.4, 0.5) is 19.4 Å². The van der Waals surface area contributed by atoms with Crippen molar-refractivity contribution in [2.45, 2.75) is 51.2 Å². The zero-order valence-electron chi connectivity index (χ0n) is 23.0. The van der Waals surface area contributed by atoms with Crippen LogP contribution in [0.25, 0.3) is 11.3 Å². The molecule has 1 atom stereocenters. The maximum absolute atomic E-state index is 15.3. The number of nitrogen functional groups attached to an aromatic ring is 1. The Kier molecular flexibility index (Phi) is 9.54. The minimum Gasteiger partial charge on any atom is -0.444 e. The highest BCUT2D eigenvalue weighted by molar-refractivity contribution is 9.10. The molecule has 4 N–H and O–H groups in total. The first-order valence-corrected chi connectivity index (χ1v) is 13.9. The molecule has 1 saturated heterocycles. The van der Waals surface area contributed by atoms with Crippen LogP contribution in [0.3, 0.4) is 0 Å². The molecule has 1 unspecified atom stereocenters. The van der Waals surface area contributed by atoms with E-state index in [4.69, 9.17) is 15.2 Å². The van der Waals surface area contributed by atoms with Crippen LogP contribution >= 0.6 is 15.9 Å². The van der Waals surface area contributed by atoms with E-state index in [9.17, 15) is 14.0 Å². The number of halogens is 3. The van der Waals surface area contributed by atoms with Crippen LogP contribution in [-0.2, 0) is 9.47 Å². The Morgan fingerprint density at radius 2 is 1.90 bits per heavy atom. The average Bonchev–Trinajstić information content (AvgIpc) is 2.90. The second-order valence-corrected chi connectivity index (χ2v) is 11.6. The van der Waals surface area contributed by atoms with Gasteiger partial charge < -0.3 is 25.8 Å². The van der Waals surface area contributed by atoms with E-state index in [0.717, 1.165) is 18.5 Å². The Balaban J connectivity index is 1.56. The molecule has 0 radical (unpaired) electrons. The van der Waals surface area contributed by atoms with Gasteiger partial charge in [-0.15, -0.1) is 0 Å². The molecule has 2 heterocycles. The number of nitrogens with zero attached hydrogens (tertiary/aromatic N) is 2. The third kappa shape index (κ3) is 8.20. The first-order valence-electron chi connectivity index (χ1n) is 13.1. The fourth-order valence-electron chi connectivity index (χ4n) is 4.43. The fraction of sp³-hybridized carbons (Fsp3) is 0.379. The molecule has 2 amide bonds. The maximum atomic E-state index is 15.3. The summed E-state index contributed by atoms with van der Waals surface area (Å²) >= 11 is 3.24. The lowest BCUT2D eigenvalue weighted by molar-refractivity contribution is 0.0519. The molecule has 2 aromatic carbocycles. The number of anilines is 1. The second-order valence-electron chi connectivity index (χ2n) is 10.7. The monoisotopic (exact) mass is 631 g/mol. The van der Waals surface area contributed by atoms with E-state index < -0.39 is 35.3 Å². The lowest BCUT2D eigenvalue weighted by Gasteiger charge is -2.23. The van der Waals surface area contributed by atoms with Crippen LogP contribution in [0.5, 0.6) is 0 Å². The number of nitrogens with one attached hydrogen (secondary N) is 2. The molecule has 1 aliphatic rings. The summed E-state index contributed by atoms with van der Waals surface area (Å²) in [6.07, 6.45) is 2.52. The van der Waals surface area contributed by atoms with Crippen molar-refractivity contribution in [3.8, 4) is 11.3 Å². The summed E-state index contributed by atoms with van der Waals surface area (Å²) in [6, 6.07) is 7.21. The largest absolute Gasteiger partial charge is 0.444 e. The number of ether oxygens (including phenoxy) is 2. The van der Waals surface area contributed by atoms with Gasteiger partial charge in [-0.05, 0) is 69.5 Å². The second kappa shape index (κ2) is 12.9. The topological polar surface area (TPSA) is 128 Å². The van der Waals surface area contributed by atoms with Crippen molar-refractivity contribution in [2.24, 2.45) is 0 Å². The van der Waals surface area contributed by atoms with Gasteiger partial charge in [0.15, 0.2) is 0 Å². The van der Waals surface area contributed by atoms with Gasteiger partial charge in [-0.25, -0.2) is 23.5 Å². The summed E-state index contributed by atoms with van der Waals surface area (Å²) in [5.74, 6) is -1.82. The van der Waals surface area contributed by atoms with E-state index in [-0.39, 0.29) is 23.8 Å². The number of carbonyl (C=O) groups is 2. The number of carbonyl (C=O) groups excluding carboxylic acids is 2. The third-order valence-electron chi connectivity index (χ3n) is 6.39. The Bertz CT molecular complexity index is 1410. The lowest BCUT2D eigenvalue weighted by Crippen LogP contribution is -2.40. The van der Waals surface area contributed by atoms with Gasteiger partial charge in [0.2, 0.25) is 0 Å². The predicted molar refractivity (Wildman–Crippen MR) is 153 cm³/mol. The molecular weight excluding hydrogens is 600 g/mol. The number of nitrogens with two attached hydrogens (primary N) is 1. The molecule has 218 valence electrons. The molecule has 4 rings (SSSR count). The Labute approximate surface area is 245 Å². The van der Waals surface area contributed by atoms with Crippen molar-refractivity contribution in [3.05, 3.63) is 75.5 Å². The van der Waals surface area contributed by atoms with E-state index in [1.807, 2.05) is 0 Å². The van der Waals surface area contributed by atoms with Gasteiger partial charge in [-0.2, -0.15) is 0 Å². The molecule has 1 fully saturated rings. The summed E-state index contributed by atoms with van der Waals surface area (Å²) < 4.78 is 40.6. The molecule has 12 heteroatoms. The quantitative estimate of drug-likeness (QED) is 0.307. The van der Waals surface area contributed by atoms with Crippen LogP contribution in [-0.4, -0.2) is 47.3 Å². The number of hydrogen-bond acceptors (Lipinski definition) is 7. The van der Waals surface area contributed by atoms with Crippen molar-refractivity contribution in [1.29, 1.82) is 0 Å². The summed E-state index contributed by atoms with van der Waals surface area (Å²) in [7, 11) is 0. The highest BCUT2D eigenvalue weighted by Gasteiger charge is 2.24. The standard InChI is InChI=1S/C29H32BrF2N5O4/c1-29(2,3)41-28(39)35-15-24(18-10-19(30)13-20(31)11-18)37-27(38)21-5-4-17(12-22(21)32)25-26(33)34-14-23(36-25)16-6-8-40-9-7-16/h4-5,10-14,16,24H,6-9,15H2,1-3H3,(H2,33,34)(H,35,39)(H,37,38). The summed E-state index contributed by atoms with van der Waals surface area (Å²) in [6.45, 7) is 6.26.